The fraction of sp³-hybridized carbons (Fsp3) is 0.429. The number of rotatable bonds is 13. The van der Waals surface area contributed by atoms with E-state index in [1.165, 1.54) is 27.8 Å². The lowest BCUT2D eigenvalue weighted by molar-refractivity contribution is -0.120. The standard InChI is InChI=1S/C35H44N2O2/c1-5-29(14-13-27-9-11-28(12-10-27)21-25(3)26(4)38)31-15-16-33(32-17-18-36-35(39)23-32)34(22-31)30(6-2)24-37-19-7-8-20-37/h7,9-12,15-19,22-23,25,29-30H,5-6,8,13-14,20-21,24H2,1-4H3,(H,36,39). The van der Waals surface area contributed by atoms with Gasteiger partial charge in [0.25, 0.3) is 0 Å². The second kappa shape index (κ2) is 13.6. The molecular formula is C35H44N2O2. The zero-order valence-electron chi connectivity index (χ0n) is 24.1. The van der Waals surface area contributed by atoms with Gasteiger partial charge in [0.2, 0.25) is 5.56 Å². The number of carbonyl (C=O) groups is 1. The number of aromatic nitrogens is 1. The van der Waals surface area contributed by atoms with E-state index in [4.69, 9.17) is 0 Å². The van der Waals surface area contributed by atoms with Crippen LogP contribution in [-0.2, 0) is 17.6 Å². The normalized spacial score (nSPS) is 15.3. The van der Waals surface area contributed by atoms with Crippen LogP contribution in [0.15, 0.2) is 77.9 Å². The SMILES string of the molecule is CCC(CCc1ccc(CC(C)C(C)=O)cc1)c1ccc(-c2cc[nH]c(=O)c2)c(C(CC)CN2C=CCC2)c1. The molecule has 1 aliphatic heterocycles. The molecule has 3 unspecified atom stereocenters. The van der Waals surface area contributed by atoms with Crippen molar-refractivity contribution in [3.63, 3.8) is 0 Å². The molecule has 2 heterocycles. The Morgan fingerprint density at radius 3 is 2.36 bits per heavy atom. The van der Waals surface area contributed by atoms with Gasteiger partial charge in [0, 0.05) is 37.2 Å². The lowest BCUT2D eigenvalue weighted by atomic mass is 9.83. The fourth-order valence-electron chi connectivity index (χ4n) is 5.76. The molecule has 0 saturated carbocycles. The summed E-state index contributed by atoms with van der Waals surface area (Å²) < 4.78 is 0. The number of aryl methyl sites for hydroxylation is 1. The molecule has 4 nitrogen and oxygen atoms in total. The third-order valence-corrected chi connectivity index (χ3v) is 8.45. The number of nitrogens with one attached hydrogen (secondary N) is 1. The van der Waals surface area contributed by atoms with E-state index in [1.807, 2.05) is 13.0 Å². The average molecular weight is 525 g/mol. The van der Waals surface area contributed by atoms with Crippen molar-refractivity contribution >= 4 is 5.78 Å². The first-order valence-corrected chi connectivity index (χ1v) is 14.7. The molecule has 39 heavy (non-hydrogen) atoms. The number of pyridine rings is 1. The minimum absolute atomic E-state index is 0.0637. The first-order chi connectivity index (χ1) is 18.9. The van der Waals surface area contributed by atoms with Crippen molar-refractivity contribution in [2.45, 2.75) is 78.1 Å². The van der Waals surface area contributed by atoms with Crippen molar-refractivity contribution in [3.05, 3.63) is 106 Å². The molecule has 1 N–H and O–H groups in total. The monoisotopic (exact) mass is 524 g/mol. The van der Waals surface area contributed by atoms with Gasteiger partial charge in [0.1, 0.15) is 5.78 Å². The number of ketones is 1. The summed E-state index contributed by atoms with van der Waals surface area (Å²) in [7, 11) is 0. The first kappa shape index (κ1) is 28.6. The average Bonchev–Trinajstić information content (AvgIpc) is 3.46. The quantitative estimate of drug-likeness (QED) is 0.250. The van der Waals surface area contributed by atoms with Gasteiger partial charge in [0.05, 0.1) is 0 Å². The maximum Gasteiger partial charge on any atom is 0.248 e. The maximum atomic E-state index is 12.1. The molecule has 3 aromatic rings. The first-order valence-electron chi connectivity index (χ1n) is 14.7. The highest BCUT2D eigenvalue weighted by Gasteiger charge is 2.21. The van der Waals surface area contributed by atoms with Crippen LogP contribution in [0.1, 0.15) is 87.5 Å². The summed E-state index contributed by atoms with van der Waals surface area (Å²) >= 11 is 0. The Morgan fingerprint density at radius 1 is 0.974 bits per heavy atom. The molecule has 0 amide bonds. The maximum absolute atomic E-state index is 12.1. The summed E-state index contributed by atoms with van der Waals surface area (Å²) in [5.41, 5.74) is 7.42. The van der Waals surface area contributed by atoms with Crippen molar-refractivity contribution in [2.75, 3.05) is 13.1 Å². The Kier molecular flexibility index (Phi) is 9.97. The Balaban J connectivity index is 1.56. The van der Waals surface area contributed by atoms with Crippen LogP contribution >= 0.6 is 0 Å². The van der Waals surface area contributed by atoms with Gasteiger partial charge in [-0.25, -0.2) is 0 Å². The van der Waals surface area contributed by atoms with Crippen molar-refractivity contribution < 1.29 is 4.79 Å². The Labute approximate surface area is 234 Å². The minimum atomic E-state index is -0.0637. The molecule has 0 aliphatic carbocycles. The smallest absolute Gasteiger partial charge is 0.248 e. The second-order valence-corrected chi connectivity index (χ2v) is 11.2. The summed E-state index contributed by atoms with van der Waals surface area (Å²) in [6.07, 6.45) is 12.4. The van der Waals surface area contributed by atoms with Gasteiger partial charge in [-0.2, -0.15) is 0 Å². The van der Waals surface area contributed by atoms with E-state index in [-0.39, 0.29) is 17.3 Å². The highest BCUT2D eigenvalue weighted by molar-refractivity contribution is 5.78. The predicted octanol–water partition coefficient (Wildman–Crippen LogP) is 7.65. The van der Waals surface area contributed by atoms with E-state index in [0.29, 0.717) is 11.8 Å². The van der Waals surface area contributed by atoms with Crippen LogP contribution < -0.4 is 5.56 Å². The van der Waals surface area contributed by atoms with Crippen LogP contribution in [0.25, 0.3) is 11.1 Å². The topological polar surface area (TPSA) is 53.2 Å². The molecule has 0 radical (unpaired) electrons. The molecule has 0 saturated heterocycles. The number of aromatic amines is 1. The number of hydrogen-bond donors (Lipinski definition) is 1. The molecule has 2 aromatic carbocycles. The molecule has 0 bridgehead atoms. The Hall–Kier alpha value is -3.40. The minimum Gasteiger partial charge on any atom is -0.377 e. The number of nitrogens with zero attached hydrogens (tertiary/aromatic N) is 1. The van der Waals surface area contributed by atoms with Crippen LogP contribution in [0.3, 0.4) is 0 Å². The van der Waals surface area contributed by atoms with Crippen molar-refractivity contribution in [3.8, 4) is 11.1 Å². The van der Waals surface area contributed by atoms with Gasteiger partial charge in [-0.15, -0.1) is 0 Å². The Morgan fingerprint density at radius 2 is 1.72 bits per heavy atom. The lowest BCUT2D eigenvalue weighted by Gasteiger charge is -2.27. The number of Topliss-reactive ketones (excluding diaryl/α,β-unsaturated/α-hetero) is 1. The van der Waals surface area contributed by atoms with E-state index >= 15 is 0 Å². The molecule has 3 atom stereocenters. The van der Waals surface area contributed by atoms with Crippen LogP contribution in [0, 0.1) is 5.92 Å². The summed E-state index contributed by atoms with van der Waals surface area (Å²) in [6, 6.07) is 19.5. The van der Waals surface area contributed by atoms with Gasteiger partial charge in [-0.1, -0.05) is 69.3 Å². The molecule has 4 heteroatoms. The van der Waals surface area contributed by atoms with E-state index in [9.17, 15) is 9.59 Å². The van der Waals surface area contributed by atoms with Gasteiger partial charge in [0.15, 0.2) is 0 Å². The van der Waals surface area contributed by atoms with E-state index in [2.05, 4.69) is 78.5 Å². The van der Waals surface area contributed by atoms with Crippen LogP contribution in [0.4, 0.5) is 0 Å². The van der Waals surface area contributed by atoms with E-state index < -0.39 is 0 Å². The van der Waals surface area contributed by atoms with E-state index in [0.717, 1.165) is 57.2 Å². The highest BCUT2D eigenvalue weighted by atomic mass is 16.1. The Bertz CT molecular complexity index is 1320. The van der Waals surface area contributed by atoms with Crippen molar-refractivity contribution in [1.82, 2.24) is 9.88 Å². The van der Waals surface area contributed by atoms with E-state index in [1.54, 1.807) is 19.2 Å². The third-order valence-electron chi connectivity index (χ3n) is 8.45. The third kappa shape index (κ3) is 7.59. The molecule has 206 valence electrons. The van der Waals surface area contributed by atoms with Gasteiger partial charge >= 0.3 is 0 Å². The van der Waals surface area contributed by atoms with Crippen LogP contribution in [0.5, 0.6) is 0 Å². The largest absolute Gasteiger partial charge is 0.377 e. The number of carbonyl (C=O) groups excluding carboxylic acids is 1. The fourth-order valence-corrected chi connectivity index (χ4v) is 5.76. The predicted molar refractivity (Wildman–Crippen MR) is 162 cm³/mol. The molecular weight excluding hydrogens is 480 g/mol. The number of H-pyrrole nitrogens is 1. The van der Waals surface area contributed by atoms with Gasteiger partial charge in [-0.3, -0.25) is 9.59 Å². The summed E-state index contributed by atoms with van der Waals surface area (Å²) in [6.45, 7) is 10.3. The van der Waals surface area contributed by atoms with Crippen molar-refractivity contribution in [2.24, 2.45) is 5.92 Å². The zero-order chi connectivity index (χ0) is 27.8. The molecule has 1 aromatic heterocycles. The van der Waals surface area contributed by atoms with Crippen LogP contribution in [0.2, 0.25) is 0 Å². The van der Waals surface area contributed by atoms with Crippen LogP contribution in [-0.4, -0.2) is 28.8 Å². The highest BCUT2D eigenvalue weighted by Crippen LogP contribution is 2.36. The second-order valence-electron chi connectivity index (χ2n) is 11.2. The molecule has 0 spiro atoms. The van der Waals surface area contributed by atoms with Gasteiger partial charge in [-0.05, 0) is 97.0 Å². The van der Waals surface area contributed by atoms with Crippen molar-refractivity contribution in [1.29, 1.82) is 0 Å². The molecule has 1 aliphatic rings. The summed E-state index contributed by atoms with van der Waals surface area (Å²) in [4.78, 5) is 29.0. The molecule has 4 rings (SSSR count). The van der Waals surface area contributed by atoms with Gasteiger partial charge < -0.3 is 9.88 Å². The lowest BCUT2D eigenvalue weighted by Crippen LogP contribution is -2.22. The summed E-state index contributed by atoms with van der Waals surface area (Å²) in [5.74, 6) is 1.18. The molecule has 0 fully saturated rings. The number of hydrogen-bond acceptors (Lipinski definition) is 3. The number of benzene rings is 2. The zero-order valence-corrected chi connectivity index (χ0v) is 24.1. The summed E-state index contributed by atoms with van der Waals surface area (Å²) in [5, 5.41) is 0.